The van der Waals surface area contributed by atoms with Crippen LogP contribution in [0.2, 0.25) is 0 Å². The number of aryl methyl sites for hydroxylation is 2. The molecule has 3 rings (SSSR count). The smallest absolute Gasteiger partial charge is 0.341 e. The summed E-state index contributed by atoms with van der Waals surface area (Å²) in [5.74, 6) is 0.679. The molecule has 0 spiro atoms. The molecular formula is C20H25N3O2. The van der Waals surface area contributed by atoms with Crippen molar-refractivity contribution in [2.45, 2.75) is 39.2 Å². The van der Waals surface area contributed by atoms with E-state index < -0.39 is 0 Å². The normalized spacial score (nSPS) is 15.3. The molecule has 132 valence electrons. The van der Waals surface area contributed by atoms with Crippen molar-refractivity contribution < 1.29 is 4.79 Å². The summed E-state index contributed by atoms with van der Waals surface area (Å²) in [5.41, 5.74) is 2.31. The van der Waals surface area contributed by atoms with Gasteiger partial charge in [0.05, 0.1) is 0 Å². The Morgan fingerprint density at radius 1 is 1.20 bits per heavy atom. The van der Waals surface area contributed by atoms with E-state index in [1.54, 1.807) is 12.3 Å². The molecule has 0 atom stereocenters. The second-order valence-corrected chi connectivity index (χ2v) is 6.88. The van der Waals surface area contributed by atoms with Crippen LogP contribution in [-0.2, 0) is 17.8 Å². The van der Waals surface area contributed by atoms with Crippen molar-refractivity contribution in [2.75, 3.05) is 13.1 Å². The van der Waals surface area contributed by atoms with E-state index in [0.717, 1.165) is 32.4 Å². The summed E-state index contributed by atoms with van der Waals surface area (Å²) in [7, 11) is 0. The predicted molar refractivity (Wildman–Crippen MR) is 97.3 cm³/mol. The Morgan fingerprint density at radius 2 is 1.92 bits per heavy atom. The highest BCUT2D eigenvalue weighted by atomic mass is 16.2. The number of amides is 1. The molecule has 2 aromatic rings. The third-order valence-corrected chi connectivity index (χ3v) is 5.02. The van der Waals surface area contributed by atoms with Crippen molar-refractivity contribution in [1.82, 2.24) is 14.5 Å². The van der Waals surface area contributed by atoms with E-state index in [4.69, 9.17) is 0 Å². The second-order valence-electron chi connectivity index (χ2n) is 6.88. The van der Waals surface area contributed by atoms with Gasteiger partial charge < -0.3 is 4.90 Å². The highest BCUT2D eigenvalue weighted by Gasteiger charge is 2.22. The number of carbonyl (C=O) groups is 1. The molecule has 0 radical (unpaired) electrons. The van der Waals surface area contributed by atoms with Gasteiger partial charge in [-0.25, -0.2) is 9.78 Å². The van der Waals surface area contributed by atoms with Crippen molar-refractivity contribution in [3.8, 4) is 0 Å². The zero-order valence-corrected chi connectivity index (χ0v) is 14.7. The lowest BCUT2D eigenvalue weighted by atomic mass is 9.90. The van der Waals surface area contributed by atoms with E-state index in [2.05, 4.69) is 36.2 Å². The molecule has 1 fully saturated rings. The van der Waals surface area contributed by atoms with Crippen LogP contribution in [0.25, 0.3) is 0 Å². The summed E-state index contributed by atoms with van der Waals surface area (Å²) < 4.78 is 1.37. The molecule has 25 heavy (non-hydrogen) atoms. The molecule has 1 aromatic carbocycles. The molecule has 5 nitrogen and oxygen atoms in total. The van der Waals surface area contributed by atoms with Crippen LogP contribution in [0.4, 0.5) is 0 Å². The van der Waals surface area contributed by atoms with E-state index >= 15 is 0 Å². The lowest BCUT2D eigenvalue weighted by molar-refractivity contribution is -0.133. The van der Waals surface area contributed by atoms with E-state index in [9.17, 15) is 9.59 Å². The molecule has 0 N–H and O–H groups in total. The van der Waals surface area contributed by atoms with Crippen molar-refractivity contribution in [1.29, 1.82) is 0 Å². The lowest BCUT2D eigenvalue weighted by Gasteiger charge is -2.32. The summed E-state index contributed by atoms with van der Waals surface area (Å²) in [6.07, 6.45) is 7.42. The summed E-state index contributed by atoms with van der Waals surface area (Å²) in [6.45, 7) is 3.76. The van der Waals surface area contributed by atoms with Crippen LogP contribution in [0.1, 0.15) is 30.4 Å². The summed E-state index contributed by atoms with van der Waals surface area (Å²) >= 11 is 0. The fourth-order valence-electron chi connectivity index (χ4n) is 3.35. The van der Waals surface area contributed by atoms with Gasteiger partial charge in [-0.15, -0.1) is 0 Å². The van der Waals surface area contributed by atoms with Gasteiger partial charge in [0.15, 0.2) is 0 Å². The van der Waals surface area contributed by atoms with Crippen LogP contribution in [0.5, 0.6) is 0 Å². The van der Waals surface area contributed by atoms with Crippen LogP contribution < -0.4 is 5.69 Å². The van der Waals surface area contributed by atoms with Crippen LogP contribution >= 0.6 is 0 Å². The number of carbonyl (C=O) groups excluding carboxylic acids is 1. The molecule has 1 aliphatic heterocycles. The van der Waals surface area contributed by atoms with Gasteiger partial charge in [-0.05, 0) is 50.2 Å². The van der Waals surface area contributed by atoms with Gasteiger partial charge >= 0.3 is 5.69 Å². The summed E-state index contributed by atoms with van der Waals surface area (Å²) in [5, 5.41) is 0. The van der Waals surface area contributed by atoms with Gasteiger partial charge in [0, 0.05) is 25.5 Å². The molecule has 0 aliphatic carbocycles. The van der Waals surface area contributed by atoms with E-state index in [1.807, 2.05) is 4.90 Å². The van der Waals surface area contributed by atoms with Gasteiger partial charge in [-0.1, -0.05) is 29.8 Å². The fourth-order valence-corrected chi connectivity index (χ4v) is 3.35. The minimum absolute atomic E-state index is 0.00656. The van der Waals surface area contributed by atoms with Gasteiger partial charge in [-0.2, -0.15) is 0 Å². The number of hydrogen-bond donors (Lipinski definition) is 0. The predicted octanol–water partition coefficient (Wildman–Crippen LogP) is 2.42. The van der Waals surface area contributed by atoms with E-state index in [-0.39, 0.29) is 18.1 Å². The van der Waals surface area contributed by atoms with Gasteiger partial charge in [-0.3, -0.25) is 9.36 Å². The third-order valence-electron chi connectivity index (χ3n) is 5.02. The highest BCUT2D eigenvalue weighted by Crippen LogP contribution is 2.22. The molecule has 0 bridgehead atoms. The minimum atomic E-state index is -0.371. The van der Waals surface area contributed by atoms with E-state index in [1.165, 1.54) is 28.3 Å². The van der Waals surface area contributed by atoms with Gasteiger partial charge in [0.25, 0.3) is 0 Å². The standard InChI is InChI=1S/C20H25N3O2/c1-16-3-5-17(6-4-16)7-8-18-9-13-22(14-10-18)19(24)15-23-12-2-11-21-20(23)25/h2-6,11-12,18H,7-10,13-15H2,1H3. The minimum Gasteiger partial charge on any atom is -0.341 e. The number of nitrogens with zero attached hydrogens (tertiary/aromatic N) is 3. The maximum atomic E-state index is 12.4. The molecule has 1 aromatic heterocycles. The first-order valence-electron chi connectivity index (χ1n) is 8.96. The first kappa shape index (κ1) is 17.4. The van der Waals surface area contributed by atoms with Crippen LogP contribution in [0, 0.1) is 12.8 Å². The van der Waals surface area contributed by atoms with Crippen LogP contribution in [0.15, 0.2) is 47.5 Å². The van der Waals surface area contributed by atoms with Crippen LogP contribution in [0.3, 0.4) is 0 Å². The highest BCUT2D eigenvalue weighted by molar-refractivity contribution is 5.76. The molecule has 0 saturated carbocycles. The molecule has 5 heteroatoms. The first-order chi connectivity index (χ1) is 12.1. The zero-order valence-electron chi connectivity index (χ0n) is 14.7. The second kappa shape index (κ2) is 8.10. The monoisotopic (exact) mass is 339 g/mol. The SMILES string of the molecule is Cc1ccc(CCC2CCN(C(=O)Cn3cccnc3=O)CC2)cc1. The largest absolute Gasteiger partial charge is 0.347 e. The number of hydrogen-bond acceptors (Lipinski definition) is 3. The number of rotatable bonds is 5. The van der Waals surface area contributed by atoms with Gasteiger partial charge in [0.2, 0.25) is 5.91 Å². The molecule has 0 unspecified atom stereocenters. The number of benzene rings is 1. The van der Waals surface area contributed by atoms with Crippen LogP contribution in [-0.4, -0.2) is 33.4 Å². The molecular weight excluding hydrogens is 314 g/mol. The topological polar surface area (TPSA) is 55.2 Å². The fraction of sp³-hybridized carbons (Fsp3) is 0.450. The Morgan fingerprint density at radius 3 is 2.60 bits per heavy atom. The number of likely N-dealkylation sites (tertiary alicyclic amines) is 1. The zero-order chi connectivity index (χ0) is 17.6. The van der Waals surface area contributed by atoms with Crippen molar-refractivity contribution in [3.05, 3.63) is 64.3 Å². The number of aromatic nitrogens is 2. The van der Waals surface area contributed by atoms with Crippen molar-refractivity contribution >= 4 is 5.91 Å². The Hall–Kier alpha value is -2.43. The average molecular weight is 339 g/mol. The summed E-state index contributed by atoms with van der Waals surface area (Å²) in [6, 6.07) is 10.4. The Balaban J connectivity index is 1.45. The molecule has 1 amide bonds. The van der Waals surface area contributed by atoms with Crippen molar-refractivity contribution in [3.63, 3.8) is 0 Å². The average Bonchev–Trinajstić information content (AvgIpc) is 2.63. The maximum Gasteiger partial charge on any atom is 0.347 e. The van der Waals surface area contributed by atoms with E-state index in [0.29, 0.717) is 5.92 Å². The Kier molecular flexibility index (Phi) is 5.64. The Labute approximate surface area is 148 Å². The summed E-state index contributed by atoms with van der Waals surface area (Å²) in [4.78, 5) is 29.5. The Bertz CT molecular complexity index is 759. The third kappa shape index (κ3) is 4.78. The van der Waals surface area contributed by atoms with Gasteiger partial charge in [0.1, 0.15) is 6.54 Å². The first-order valence-corrected chi connectivity index (χ1v) is 8.96. The molecule has 2 heterocycles. The quantitative estimate of drug-likeness (QED) is 0.841. The van der Waals surface area contributed by atoms with Crippen molar-refractivity contribution in [2.24, 2.45) is 5.92 Å². The molecule has 1 aliphatic rings. The molecule has 1 saturated heterocycles. The number of piperidine rings is 1. The maximum absolute atomic E-state index is 12.4. The lowest BCUT2D eigenvalue weighted by Crippen LogP contribution is -2.41.